The van der Waals surface area contributed by atoms with Gasteiger partial charge >= 0.3 is 5.97 Å². The second-order valence-corrected chi connectivity index (χ2v) is 7.06. The molecule has 0 aromatic heterocycles. The van der Waals surface area contributed by atoms with Crippen molar-refractivity contribution in [3.63, 3.8) is 0 Å². The molecule has 0 spiro atoms. The summed E-state index contributed by atoms with van der Waals surface area (Å²) >= 11 is 0. The molecule has 0 N–H and O–H groups in total. The fourth-order valence-electron chi connectivity index (χ4n) is 3.79. The van der Waals surface area contributed by atoms with Gasteiger partial charge in [0.05, 0.1) is 0 Å². The first-order valence-electron chi connectivity index (χ1n) is 6.68. The lowest BCUT2D eigenvalue weighted by molar-refractivity contribution is -0.149. The lowest BCUT2D eigenvalue weighted by Crippen LogP contribution is -2.37. The van der Waals surface area contributed by atoms with E-state index >= 15 is 0 Å². The lowest BCUT2D eigenvalue weighted by atomic mass is 9.73. The predicted molar refractivity (Wildman–Crippen MR) is 67.2 cm³/mol. The van der Waals surface area contributed by atoms with E-state index in [1.54, 1.807) is 0 Å². The number of carbonyl (C=O) groups excluding carboxylic acids is 3. The molecule has 19 heavy (non-hydrogen) atoms. The van der Waals surface area contributed by atoms with Crippen molar-refractivity contribution in [2.24, 2.45) is 16.7 Å². The number of ketones is 2. The van der Waals surface area contributed by atoms with Crippen molar-refractivity contribution < 1.29 is 19.1 Å². The number of hydrogen-bond acceptors (Lipinski definition) is 4. The van der Waals surface area contributed by atoms with E-state index in [0.717, 1.165) is 5.57 Å². The van der Waals surface area contributed by atoms with Crippen LogP contribution in [-0.4, -0.2) is 23.6 Å². The lowest BCUT2D eigenvalue weighted by Gasteiger charge is -2.33. The van der Waals surface area contributed by atoms with Crippen molar-refractivity contribution >= 4 is 17.5 Å². The van der Waals surface area contributed by atoms with Gasteiger partial charge in [0.25, 0.3) is 0 Å². The number of fused-ring (bicyclic) bond motifs is 2. The molecule has 0 unspecified atom stereocenters. The summed E-state index contributed by atoms with van der Waals surface area (Å²) in [7, 11) is 0. The molecule has 0 amide bonds. The summed E-state index contributed by atoms with van der Waals surface area (Å²) in [4.78, 5) is 36.4. The molecule has 0 radical (unpaired) electrons. The topological polar surface area (TPSA) is 60.4 Å². The van der Waals surface area contributed by atoms with Crippen LogP contribution >= 0.6 is 0 Å². The first kappa shape index (κ1) is 12.6. The zero-order valence-corrected chi connectivity index (χ0v) is 11.7. The average molecular weight is 262 g/mol. The molecular formula is C15H18O4. The van der Waals surface area contributed by atoms with Crippen LogP contribution in [-0.2, 0) is 19.1 Å². The van der Waals surface area contributed by atoms with Crippen LogP contribution in [0.4, 0.5) is 0 Å². The van der Waals surface area contributed by atoms with E-state index in [1.165, 1.54) is 0 Å². The highest BCUT2D eigenvalue weighted by Crippen LogP contribution is 2.54. The van der Waals surface area contributed by atoms with Crippen molar-refractivity contribution in [3.8, 4) is 0 Å². The third kappa shape index (κ3) is 1.43. The smallest absolute Gasteiger partial charge is 0.342 e. The summed E-state index contributed by atoms with van der Waals surface area (Å²) in [5.41, 5.74) is -0.0337. The van der Waals surface area contributed by atoms with Gasteiger partial charge in [-0.05, 0) is 12.0 Å². The number of Topliss-reactive ketones (excluding diaryl/α,β-unsaturated/α-hetero) is 2. The Kier molecular flexibility index (Phi) is 2.22. The Labute approximate surface area is 112 Å². The van der Waals surface area contributed by atoms with E-state index in [9.17, 15) is 14.4 Å². The molecule has 2 atom stereocenters. The van der Waals surface area contributed by atoms with Gasteiger partial charge in [-0.3, -0.25) is 9.59 Å². The van der Waals surface area contributed by atoms with Crippen LogP contribution in [0.25, 0.3) is 0 Å². The quantitative estimate of drug-likeness (QED) is 0.493. The Hall–Kier alpha value is -1.45. The van der Waals surface area contributed by atoms with Gasteiger partial charge < -0.3 is 4.74 Å². The van der Waals surface area contributed by atoms with Gasteiger partial charge in [0.1, 0.15) is 17.5 Å². The van der Waals surface area contributed by atoms with E-state index in [-0.39, 0.29) is 35.6 Å². The molecule has 102 valence electrons. The van der Waals surface area contributed by atoms with E-state index in [4.69, 9.17) is 4.74 Å². The molecule has 3 rings (SSSR count). The molecule has 3 aliphatic rings. The standard InChI is InChI=1S/C15H18O4/c1-14(2)6-7-10(12(14)17)13(18)19-8-5-9(16)15(3,4)11(7)8/h8,11H,5-6H2,1-4H3/t8-,11-/m0/s1. The van der Waals surface area contributed by atoms with Crippen molar-refractivity contribution in [1.82, 2.24) is 0 Å². The monoisotopic (exact) mass is 262 g/mol. The zero-order valence-electron chi connectivity index (χ0n) is 11.7. The first-order valence-corrected chi connectivity index (χ1v) is 6.68. The van der Waals surface area contributed by atoms with Gasteiger partial charge in [0.2, 0.25) is 0 Å². The van der Waals surface area contributed by atoms with E-state index in [2.05, 4.69) is 0 Å². The van der Waals surface area contributed by atoms with Crippen LogP contribution in [0, 0.1) is 16.7 Å². The minimum atomic E-state index is -0.555. The van der Waals surface area contributed by atoms with Crippen molar-refractivity contribution in [2.75, 3.05) is 0 Å². The van der Waals surface area contributed by atoms with Crippen LogP contribution in [0.15, 0.2) is 11.1 Å². The molecule has 2 aliphatic carbocycles. The Balaban J connectivity index is 2.15. The molecule has 1 aliphatic heterocycles. The number of hydrogen-bond donors (Lipinski definition) is 0. The predicted octanol–water partition coefficient (Wildman–Crippen LogP) is 1.82. The Morgan fingerprint density at radius 3 is 2.37 bits per heavy atom. The van der Waals surface area contributed by atoms with Gasteiger partial charge in [-0.25, -0.2) is 4.79 Å². The maximum Gasteiger partial charge on any atom is 0.342 e. The second kappa shape index (κ2) is 3.35. The van der Waals surface area contributed by atoms with Crippen LogP contribution in [0.5, 0.6) is 0 Å². The number of esters is 1. The largest absolute Gasteiger partial charge is 0.458 e. The molecule has 4 heteroatoms. The molecule has 1 saturated carbocycles. The summed E-state index contributed by atoms with van der Waals surface area (Å²) in [6, 6.07) is 0. The Bertz CT molecular complexity index is 550. The molecular weight excluding hydrogens is 244 g/mol. The van der Waals surface area contributed by atoms with Crippen LogP contribution < -0.4 is 0 Å². The normalized spacial score (nSPS) is 35.3. The molecule has 0 bridgehead atoms. The number of carbonyl (C=O) groups is 3. The molecule has 0 aromatic carbocycles. The van der Waals surface area contributed by atoms with Crippen LogP contribution in [0.2, 0.25) is 0 Å². The van der Waals surface area contributed by atoms with Crippen LogP contribution in [0.1, 0.15) is 40.5 Å². The second-order valence-electron chi connectivity index (χ2n) is 7.06. The van der Waals surface area contributed by atoms with Gasteiger partial charge in [-0.2, -0.15) is 0 Å². The fourth-order valence-corrected chi connectivity index (χ4v) is 3.79. The van der Waals surface area contributed by atoms with E-state index in [1.807, 2.05) is 27.7 Å². The van der Waals surface area contributed by atoms with E-state index in [0.29, 0.717) is 6.42 Å². The number of rotatable bonds is 0. The molecule has 0 saturated heterocycles. The number of ether oxygens (including phenoxy) is 1. The summed E-state index contributed by atoms with van der Waals surface area (Å²) in [6.07, 6.45) is 0.457. The van der Waals surface area contributed by atoms with Gasteiger partial charge in [0.15, 0.2) is 5.78 Å². The SMILES string of the molecule is CC1(C)CC2=C(C(=O)O[C@H]3CC(=O)C(C)(C)[C@@H]23)C1=O. The molecule has 0 aromatic rings. The Morgan fingerprint density at radius 1 is 1.11 bits per heavy atom. The summed E-state index contributed by atoms with van der Waals surface area (Å²) in [5.74, 6) is -0.682. The highest BCUT2D eigenvalue weighted by atomic mass is 16.5. The Morgan fingerprint density at radius 2 is 1.74 bits per heavy atom. The van der Waals surface area contributed by atoms with Crippen LogP contribution in [0.3, 0.4) is 0 Å². The van der Waals surface area contributed by atoms with Gasteiger partial charge in [-0.1, -0.05) is 27.7 Å². The minimum Gasteiger partial charge on any atom is -0.458 e. The highest BCUT2D eigenvalue weighted by Gasteiger charge is 2.59. The molecule has 1 fully saturated rings. The summed E-state index contributed by atoms with van der Waals surface area (Å²) in [6.45, 7) is 7.47. The summed E-state index contributed by atoms with van der Waals surface area (Å²) in [5, 5.41) is 0. The van der Waals surface area contributed by atoms with Crippen molar-refractivity contribution in [1.29, 1.82) is 0 Å². The van der Waals surface area contributed by atoms with Gasteiger partial charge in [-0.15, -0.1) is 0 Å². The van der Waals surface area contributed by atoms with Crippen molar-refractivity contribution in [2.45, 2.75) is 46.6 Å². The van der Waals surface area contributed by atoms with Crippen molar-refractivity contribution in [3.05, 3.63) is 11.1 Å². The molecule has 4 nitrogen and oxygen atoms in total. The maximum atomic E-state index is 12.3. The third-order valence-corrected chi connectivity index (χ3v) is 4.89. The summed E-state index contributed by atoms with van der Waals surface area (Å²) < 4.78 is 5.36. The van der Waals surface area contributed by atoms with E-state index < -0.39 is 16.8 Å². The van der Waals surface area contributed by atoms with Gasteiger partial charge in [0, 0.05) is 23.2 Å². The maximum absolute atomic E-state index is 12.3. The first-order chi connectivity index (χ1) is 8.66. The molecule has 1 heterocycles. The zero-order chi connectivity index (χ0) is 14.2. The minimum absolute atomic E-state index is 0.112. The third-order valence-electron chi connectivity index (χ3n) is 4.89. The highest BCUT2D eigenvalue weighted by molar-refractivity contribution is 6.22. The average Bonchev–Trinajstić information content (AvgIpc) is 2.61. The fraction of sp³-hybridized carbons (Fsp3) is 0.667.